The quantitative estimate of drug-likeness (QED) is 0.314. The molecule has 0 radical (unpaired) electrons. The monoisotopic (exact) mass is 362 g/mol. The number of benzene rings is 3. The van der Waals surface area contributed by atoms with Crippen LogP contribution in [0.4, 0.5) is 0 Å². The summed E-state index contributed by atoms with van der Waals surface area (Å²) in [5.41, 5.74) is 3.57. The summed E-state index contributed by atoms with van der Waals surface area (Å²) in [6.07, 6.45) is 0. The van der Waals surface area contributed by atoms with E-state index in [1.54, 1.807) is 18.2 Å². The van der Waals surface area contributed by atoms with Crippen LogP contribution in [0.2, 0.25) is 0 Å². The molecule has 3 rings (SSSR count). The number of hydrogen-bond acceptors (Lipinski definition) is 5. The molecule has 4 nitrogen and oxygen atoms in total. The molecule has 0 bridgehead atoms. The zero-order valence-corrected chi connectivity index (χ0v) is 14.6. The van der Waals surface area contributed by atoms with Gasteiger partial charge >= 0.3 is 0 Å². The molecule has 0 saturated heterocycles. The van der Waals surface area contributed by atoms with Gasteiger partial charge in [-0.3, -0.25) is 0 Å². The van der Waals surface area contributed by atoms with Gasteiger partial charge in [-0.2, -0.15) is 0 Å². The minimum Gasteiger partial charge on any atom is -0.545 e. The number of carboxylic acid groups (broad SMARTS) is 1. The standard InChI is InChI=1S/C21H17NO3S/c23-21(24)18-8-4-5-9-20(18)26-14-19(22-25)17-12-10-16(11-13-17)15-6-2-1-3-7-15/h1-13,25H,14H2,(H,23,24)/p-1/b22-19+. The number of hydrogen-bond donors (Lipinski definition) is 1. The third-order valence-corrected chi connectivity index (χ3v) is 5.00. The van der Waals surface area contributed by atoms with Crippen molar-refractivity contribution in [3.63, 3.8) is 0 Å². The molecule has 0 aliphatic heterocycles. The molecule has 0 spiro atoms. The van der Waals surface area contributed by atoms with E-state index in [9.17, 15) is 15.1 Å². The van der Waals surface area contributed by atoms with E-state index in [-0.39, 0.29) is 5.56 Å². The highest BCUT2D eigenvalue weighted by atomic mass is 32.2. The fourth-order valence-electron chi connectivity index (χ4n) is 2.56. The Kier molecular flexibility index (Phi) is 5.71. The van der Waals surface area contributed by atoms with Crippen LogP contribution in [0.1, 0.15) is 15.9 Å². The number of nitrogens with zero attached hydrogens (tertiary/aromatic N) is 1. The molecular formula is C21H16NO3S-. The van der Waals surface area contributed by atoms with Gasteiger partial charge in [-0.05, 0) is 17.2 Å². The summed E-state index contributed by atoms with van der Waals surface area (Å²) in [7, 11) is 0. The van der Waals surface area contributed by atoms with E-state index < -0.39 is 5.97 Å². The molecule has 0 aromatic heterocycles. The number of aromatic carboxylic acids is 1. The zero-order chi connectivity index (χ0) is 18.4. The highest BCUT2D eigenvalue weighted by Crippen LogP contribution is 2.24. The molecule has 130 valence electrons. The van der Waals surface area contributed by atoms with E-state index >= 15 is 0 Å². The Morgan fingerprint density at radius 2 is 1.50 bits per heavy atom. The molecule has 0 aliphatic rings. The molecule has 26 heavy (non-hydrogen) atoms. The van der Waals surface area contributed by atoms with Gasteiger partial charge in [-0.15, -0.1) is 11.8 Å². The molecular weight excluding hydrogens is 346 g/mol. The summed E-state index contributed by atoms with van der Waals surface area (Å²) in [5.74, 6) is -0.881. The van der Waals surface area contributed by atoms with Gasteiger partial charge in [-0.1, -0.05) is 78.0 Å². The molecule has 3 aromatic carbocycles. The van der Waals surface area contributed by atoms with Crippen LogP contribution in [-0.2, 0) is 0 Å². The lowest BCUT2D eigenvalue weighted by Crippen LogP contribution is -2.23. The Morgan fingerprint density at radius 3 is 2.15 bits per heavy atom. The predicted octanol–water partition coefficient (Wildman–Crippen LogP) is 3.69. The number of oxime groups is 1. The summed E-state index contributed by atoms with van der Waals surface area (Å²) in [5, 5.41) is 23.9. The van der Waals surface area contributed by atoms with E-state index in [1.807, 2.05) is 54.6 Å². The van der Waals surface area contributed by atoms with Crippen molar-refractivity contribution in [3.05, 3.63) is 90.0 Å². The Labute approximate surface area is 155 Å². The normalized spacial score (nSPS) is 11.3. The summed E-state index contributed by atoms with van der Waals surface area (Å²) < 4.78 is 0. The topological polar surface area (TPSA) is 72.7 Å². The van der Waals surface area contributed by atoms with Gasteiger partial charge in [0, 0.05) is 21.8 Å². The Hall–Kier alpha value is -3.05. The maximum Gasteiger partial charge on any atom is 0.0970 e. The summed E-state index contributed by atoms with van der Waals surface area (Å²) in [6, 6.07) is 24.3. The summed E-state index contributed by atoms with van der Waals surface area (Å²) in [6.45, 7) is 0. The fraction of sp³-hybridized carbons (Fsp3) is 0.0476. The van der Waals surface area contributed by atoms with Crippen LogP contribution in [0.15, 0.2) is 88.9 Å². The van der Waals surface area contributed by atoms with Crippen LogP contribution in [0.3, 0.4) is 0 Å². The lowest BCUT2D eigenvalue weighted by Gasteiger charge is -2.11. The van der Waals surface area contributed by atoms with Crippen molar-refractivity contribution in [1.82, 2.24) is 0 Å². The van der Waals surface area contributed by atoms with Crippen LogP contribution in [0.25, 0.3) is 11.1 Å². The highest BCUT2D eigenvalue weighted by Gasteiger charge is 2.09. The molecule has 0 aliphatic carbocycles. The Bertz CT molecular complexity index is 922. The molecule has 3 aromatic rings. The second-order valence-corrected chi connectivity index (χ2v) is 6.58. The van der Waals surface area contributed by atoms with Crippen molar-refractivity contribution in [2.24, 2.45) is 5.16 Å². The molecule has 0 unspecified atom stereocenters. The van der Waals surface area contributed by atoms with Crippen molar-refractivity contribution < 1.29 is 15.1 Å². The van der Waals surface area contributed by atoms with Gasteiger partial charge in [0.2, 0.25) is 0 Å². The van der Waals surface area contributed by atoms with Crippen molar-refractivity contribution in [2.45, 2.75) is 4.90 Å². The number of carbonyl (C=O) groups is 1. The average molecular weight is 362 g/mol. The second-order valence-electron chi connectivity index (χ2n) is 5.56. The van der Waals surface area contributed by atoms with Crippen LogP contribution in [0, 0.1) is 0 Å². The lowest BCUT2D eigenvalue weighted by molar-refractivity contribution is -0.255. The Balaban J connectivity index is 1.75. The fourth-order valence-corrected chi connectivity index (χ4v) is 3.56. The largest absolute Gasteiger partial charge is 0.545 e. The van der Waals surface area contributed by atoms with E-state index in [0.717, 1.165) is 16.7 Å². The maximum absolute atomic E-state index is 11.2. The minimum atomic E-state index is -1.22. The molecule has 0 atom stereocenters. The third-order valence-electron chi connectivity index (χ3n) is 3.92. The van der Waals surface area contributed by atoms with Gasteiger partial charge in [-0.25, -0.2) is 0 Å². The van der Waals surface area contributed by atoms with Crippen LogP contribution in [0.5, 0.6) is 0 Å². The Morgan fingerprint density at radius 1 is 0.885 bits per heavy atom. The van der Waals surface area contributed by atoms with Crippen molar-refractivity contribution in [3.8, 4) is 11.1 Å². The van der Waals surface area contributed by atoms with E-state index in [4.69, 9.17) is 0 Å². The smallest absolute Gasteiger partial charge is 0.0970 e. The van der Waals surface area contributed by atoms with E-state index in [0.29, 0.717) is 16.4 Å². The van der Waals surface area contributed by atoms with Crippen molar-refractivity contribution in [2.75, 3.05) is 5.75 Å². The molecule has 0 fully saturated rings. The van der Waals surface area contributed by atoms with Gasteiger partial charge in [0.25, 0.3) is 0 Å². The maximum atomic E-state index is 11.2. The number of carboxylic acids is 1. The minimum absolute atomic E-state index is 0.134. The third kappa shape index (κ3) is 4.13. The van der Waals surface area contributed by atoms with Crippen LogP contribution >= 0.6 is 11.8 Å². The average Bonchev–Trinajstić information content (AvgIpc) is 2.70. The van der Waals surface area contributed by atoms with Gasteiger partial charge in [0.05, 0.1) is 11.7 Å². The van der Waals surface area contributed by atoms with Gasteiger partial charge in [0.1, 0.15) is 0 Å². The highest BCUT2D eigenvalue weighted by molar-refractivity contribution is 8.00. The number of rotatable bonds is 6. The van der Waals surface area contributed by atoms with Crippen molar-refractivity contribution in [1.29, 1.82) is 0 Å². The summed E-state index contributed by atoms with van der Waals surface area (Å²) >= 11 is 1.29. The van der Waals surface area contributed by atoms with Crippen molar-refractivity contribution >= 4 is 23.4 Å². The van der Waals surface area contributed by atoms with Gasteiger partial charge < -0.3 is 15.1 Å². The number of carbonyl (C=O) groups excluding carboxylic acids is 1. The van der Waals surface area contributed by atoms with E-state index in [2.05, 4.69) is 5.16 Å². The first-order valence-corrected chi connectivity index (χ1v) is 8.97. The lowest BCUT2D eigenvalue weighted by atomic mass is 10.0. The zero-order valence-electron chi connectivity index (χ0n) is 13.8. The molecule has 0 saturated carbocycles. The SMILES string of the molecule is O=C([O-])c1ccccc1SC/C(=N\O)c1ccc(-c2ccccc2)cc1. The summed E-state index contributed by atoms with van der Waals surface area (Å²) in [4.78, 5) is 11.8. The first kappa shape index (κ1) is 17.8. The van der Waals surface area contributed by atoms with Crippen LogP contribution < -0.4 is 5.11 Å². The molecule has 5 heteroatoms. The molecule has 1 N–H and O–H groups in total. The second kappa shape index (κ2) is 8.36. The van der Waals surface area contributed by atoms with Crippen LogP contribution in [-0.4, -0.2) is 22.6 Å². The first-order valence-electron chi connectivity index (χ1n) is 7.99. The van der Waals surface area contributed by atoms with Gasteiger partial charge in [0.15, 0.2) is 0 Å². The predicted molar refractivity (Wildman–Crippen MR) is 102 cm³/mol. The first-order chi connectivity index (χ1) is 12.7. The molecule has 0 heterocycles. The molecule has 0 amide bonds. The van der Waals surface area contributed by atoms with E-state index in [1.165, 1.54) is 17.8 Å². The number of thioether (sulfide) groups is 1.